The van der Waals surface area contributed by atoms with Gasteiger partial charge in [0.2, 0.25) is 0 Å². The largest absolute Gasteiger partial charge is 0.398 e. The number of halogens is 1. The van der Waals surface area contributed by atoms with Crippen LogP contribution in [0.5, 0.6) is 0 Å². The van der Waals surface area contributed by atoms with Gasteiger partial charge in [-0.2, -0.15) is 0 Å². The van der Waals surface area contributed by atoms with Crippen LogP contribution in [0.4, 0.5) is 0 Å². The van der Waals surface area contributed by atoms with Crippen LogP contribution in [-0.4, -0.2) is 35.6 Å². The molecule has 1 amide bonds. The van der Waals surface area contributed by atoms with Crippen LogP contribution in [-0.2, 0) is 4.84 Å². The van der Waals surface area contributed by atoms with Gasteiger partial charge in [-0.25, -0.2) is 0 Å². The first kappa shape index (κ1) is 13.1. The van der Waals surface area contributed by atoms with Crippen LogP contribution < -0.4 is 0 Å². The minimum atomic E-state index is 0.110. The van der Waals surface area contributed by atoms with E-state index in [-0.39, 0.29) is 5.91 Å². The normalized spacial score (nSPS) is 15.9. The number of nitrogens with zero attached hydrogens (tertiary/aromatic N) is 2. The van der Waals surface area contributed by atoms with Crippen molar-refractivity contribution in [3.8, 4) is 0 Å². The Morgan fingerprint density at radius 3 is 2.33 bits per heavy atom. The van der Waals surface area contributed by atoms with E-state index in [9.17, 15) is 4.79 Å². The molecule has 0 N–H and O–H groups in total. The van der Waals surface area contributed by atoms with Crippen LogP contribution in [0.1, 0.15) is 28.8 Å². The SMILES string of the molecule is CO/N=C(\Br)c1ccc(C(=O)N2CCCC2)cc1. The van der Waals surface area contributed by atoms with E-state index < -0.39 is 0 Å². The molecular formula is C13H15BrN2O2. The Bertz CT molecular complexity index is 451. The molecule has 0 atom stereocenters. The van der Waals surface area contributed by atoms with Crippen molar-refractivity contribution in [2.24, 2.45) is 5.16 Å². The van der Waals surface area contributed by atoms with Gasteiger partial charge in [0.05, 0.1) is 0 Å². The lowest BCUT2D eigenvalue weighted by atomic mass is 10.1. The standard InChI is InChI=1S/C13H15BrN2O2/c1-18-15-12(14)10-4-6-11(7-5-10)13(17)16-8-2-3-9-16/h4-7H,2-3,8-9H2,1H3/b15-12-. The maximum Gasteiger partial charge on any atom is 0.253 e. The highest BCUT2D eigenvalue weighted by molar-refractivity contribution is 9.18. The molecule has 1 fully saturated rings. The van der Waals surface area contributed by atoms with Gasteiger partial charge in [-0.05, 0) is 40.9 Å². The number of likely N-dealkylation sites (tertiary alicyclic amines) is 1. The van der Waals surface area contributed by atoms with Crippen LogP contribution in [0.15, 0.2) is 29.4 Å². The molecule has 4 nitrogen and oxygen atoms in total. The molecule has 18 heavy (non-hydrogen) atoms. The maximum absolute atomic E-state index is 12.1. The third kappa shape index (κ3) is 2.90. The average molecular weight is 311 g/mol. The number of rotatable bonds is 3. The van der Waals surface area contributed by atoms with E-state index in [0.29, 0.717) is 4.62 Å². The topological polar surface area (TPSA) is 41.9 Å². The molecule has 1 saturated heterocycles. The molecule has 0 saturated carbocycles. The van der Waals surface area contributed by atoms with Gasteiger partial charge in [0.1, 0.15) is 7.11 Å². The molecule has 0 spiro atoms. The lowest BCUT2D eigenvalue weighted by molar-refractivity contribution is 0.0793. The van der Waals surface area contributed by atoms with Gasteiger partial charge in [-0.15, -0.1) is 0 Å². The predicted octanol–water partition coefficient (Wildman–Crippen LogP) is 2.63. The number of benzene rings is 1. The van der Waals surface area contributed by atoms with Gasteiger partial charge in [-0.3, -0.25) is 4.79 Å². The molecule has 1 aliphatic rings. The zero-order valence-corrected chi connectivity index (χ0v) is 11.8. The summed E-state index contributed by atoms with van der Waals surface area (Å²) in [4.78, 5) is 18.7. The van der Waals surface area contributed by atoms with Crippen molar-refractivity contribution >= 4 is 26.5 Å². The first-order valence-corrected chi connectivity index (χ1v) is 6.68. The summed E-state index contributed by atoms with van der Waals surface area (Å²) in [7, 11) is 1.49. The van der Waals surface area contributed by atoms with E-state index in [1.807, 2.05) is 29.2 Å². The van der Waals surface area contributed by atoms with Gasteiger partial charge < -0.3 is 9.74 Å². The lowest BCUT2D eigenvalue weighted by Crippen LogP contribution is -2.27. The molecule has 0 aliphatic carbocycles. The molecule has 1 aromatic carbocycles. The minimum absolute atomic E-state index is 0.110. The van der Waals surface area contributed by atoms with E-state index in [0.717, 1.165) is 37.1 Å². The molecule has 1 aromatic rings. The van der Waals surface area contributed by atoms with Crippen molar-refractivity contribution in [3.63, 3.8) is 0 Å². The smallest absolute Gasteiger partial charge is 0.253 e. The van der Waals surface area contributed by atoms with Crippen molar-refractivity contribution in [1.82, 2.24) is 4.90 Å². The van der Waals surface area contributed by atoms with E-state index >= 15 is 0 Å². The second kappa shape index (κ2) is 6.00. The van der Waals surface area contributed by atoms with Crippen molar-refractivity contribution in [1.29, 1.82) is 0 Å². The molecule has 96 valence electrons. The second-order valence-electron chi connectivity index (χ2n) is 4.14. The molecule has 0 bridgehead atoms. The summed E-state index contributed by atoms with van der Waals surface area (Å²) in [6.45, 7) is 1.74. The van der Waals surface area contributed by atoms with Crippen LogP contribution in [0, 0.1) is 0 Å². The van der Waals surface area contributed by atoms with E-state index in [2.05, 4.69) is 25.9 Å². The van der Waals surface area contributed by atoms with E-state index in [1.54, 1.807) is 0 Å². The lowest BCUT2D eigenvalue weighted by Gasteiger charge is -2.15. The zero-order valence-electron chi connectivity index (χ0n) is 10.2. The third-order valence-corrected chi connectivity index (χ3v) is 3.54. The number of amides is 1. The summed E-state index contributed by atoms with van der Waals surface area (Å²) in [5, 5.41) is 3.78. The van der Waals surface area contributed by atoms with Crippen molar-refractivity contribution < 1.29 is 9.63 Å². The van der Waals surface area contributed by atoms with Crippen molar-refractivity contribution in [2.45, 2.75) is 12.8 Å². The molecular weight excluding hydrogens is 296 g/mol. The summed E-state index contributed by atoms with van der Waals surface area (Å²) in [6, 6.07) is 7.36. The zero-order chi connectivity index (χ0) is 13.0. The Hall–Kier alpha value is -1.36. The predicted molar refractivity (Wildman–Crippen MR) is 74.1 cm³/mol. The summed E-state index contributed by atoms with van der Waals surface area (Å²) in [6.07, 6.45) is 2.21. The highest BCUT2D eigenvalue weighted by Gasteiger charge is 2.19. The quantitative estimate of drug-likeness (QED) is 0.636. The van der Waals surface area contributed by atoms with Gasteiger partial charge in [0.15, 0.2) is 4.62 Å². The summed E-state index contributed by atoms with van der Waals surface area (Å²) < 4.78 is 0.616. The monoisotopic (exact) mass is 310 g/mol. The number of hydrogen-bond acceptors (Lipinski definition) is 3. The summed E-state index contributed by atoms with van der Waals surface area (Å²) >= 11 is 3.30. The fourth-order valence-electron chi connectivity index (χ4n) is 1.99. The maximum atomic E-state index is 12.1. The van der Waals surface area contributed by atoms with Crippen molar-refractivity contribution in [2.75, 3.05) is 20.2 Å². The Labute approximate surface area is 115 Å². The van der Waals surface area contributed by atoms with Gasteiger partial charge in [0.25, 0.3) is 5.91 Å². The summed E-state index contributed by atoms with van der Waals surface area (Å²) in [5.41, 5.74) is 1.60. The van der Waals surface area contributed by atoms with E-state index in [4.69, 9.17) is 0 Å². The number of hydrogen-bond donors (Lipinski definition) is 0. The molecule has 0 unspecified atom stereocenters. The van der Waals surface area contributed by atoms with Crippen LogP contribution in [0.25, 0.3) is 0 Å². The number of carbonyl (C=O) groups excluding carboxylic acids is 1. The Kier molecular flexibility index (Phi) is 4.36. The van der Waals surface area contributed by atoms with Gasteiger partial charge >= 0.3 is 0 Å². The first-order valence-electron chi connectivity index (χ1n) is 5.88. The Morgan fingerprint density at radius 1 is 1.22 bits per heavy atom. The van der Waals surface area contributed by atoms with Crippen LogP contribution in [0.2, 0.25) is 0 Å². The Morgan fingerprint density at radius 2 is 1.78 bits per heavy atom. The fourth-order valence-corrected chi connectivity index (χ4v) is 2.40. The average Bonchev–Trinajstić information content (AvgIpc) is 2.92. The molecule has 5 heteroatoms. The second-order valence-corrected chi connectivity index (χ2v) is 4.89. The Balaban J connectivity index is 2.12. The van der Waals surface area contributed by atoms with Gasteiger partial charge in [-0.1, -0.05) is 17.3 Å². The highest BCUT2D eigenvalue weighted by atomic mass is 79.9. The van der Waals surface area contributed by atoms with Crippen LogP contribution in [0.3, 0.4) is 0 Å². The third-order valence-electron chi connectivity index (χ3n) is 2.93. The molecule has 0 aromatic heterocycles. The number of oxime groups is 1. The molecule has 2 rings (SSSR count). The first-order chi connectivity index (χ1) is 8.72. The van der Waals surface area contributed by atoms with E-state index in [1.165, 1.54) is 7.11 Å². The molecule has 0 radical (unpaired) electrons. The molecule has 1 heterocycles. The number of carbonyl (C=O) groups is 1. The minimum Gasteiger partial charge on any atom is -0.398 e. The molecule has 1 aliphatic heterocycles. The van der Waals surface area contributed by atoms with Crippen LogP contribution >= 0.6 is 15.9 Å². The van der Waals surface area contributed by atoms with Crippen molar-refractivity contribution in [3.05, 3.63) is 35.4 Å². The van der Waals surface area contributed by atoms with Gasteiger partial charge in [0, 0.05) is 24.2 Å². The highest BCUT2D eigenvalue weighted by Crippen LogP contribution is 2.15. The fraction of sp³-hybridized carbons (Fsp3) is 0.385. The summed E-state index contributed by atoms with van der Waals surface area (Å²) in [5.74, 6) is 0.110.